The first kappa shape index (κ1) is 22.4. The Morgan fingerprint density at radius 1 is 1.09 bits per heavy atom. The van der Waals surface area contributed by atoms with Crippen LogP contribution in [-0.2, 0) is 31.8 Å². The van der Waals surface area contributed by atoms with Crippen molar-refractivity contribution in [2.75, 3.05) is 19.6 Å². The van der Waals surface area contributed by atoms with Gasteiger partial charge in [-0.25, -0.2) is 17.1 Å². The maximum atomic E-state index is 13.2. The minimum atomic E-state index is -3.42. The second kappa shape index (κ2) is 9.40. The minimum absolute atomic E-state index is 0.0330. The van der Waals surface area contributed by atoms with Gasteiger partial charge in [-0.3, -0.25) is 15.1 Å². The highest BCUT2D eigenvalue weighted by atomic mass is 32.2. The molecule has 9 heteroatoms. The van der Waals surface area contributed by atoms with Crippen LogP contribution in [0.5, 0.6) is 0 Å². The molecule has 1 spiro atoms. The van der Waals surface area contributed by atoms with Crippen LogP contribution in [0.3, 0.4) is 0 Å². The van der Waals surface area contributed by atoms with E-state index in [0.717, 1.165) is 11.1 Å². The quantitative estimate of drug-likeness (QED) is 0.663. The van der Waals surface area contributed by atoms with Crippen molar-refractivity contribution in [1.82, 2.24) is 15.1 Å². The van der Waals surface area contributed by atoms with Gasteiger partial charge in [0.15, 0.2) is 0 Å². The molecule has 2 aromatic carbocycles. The topological polar surface area (TPSA) is 87.7 Å². The fraction of sp³-hybridized carbons (Fsp3) is 0.348. The highest BCUT2D eigenvalue weighted by Gasteiger charge is 2.42. The third kappa shape index (κ3) is 5.35. The van der Waals surface area contributed by atoms with Gasteiger partial charge in [0.1, 0.15) is 17.1 Å². The van der Waals surface area contributed by atoms with Gasteiger partial charge in [-0.1, -0.05) is 42.5 Å². The Morgan fingerprint density at radius 2 is 1.81 bits per heavy atom. The Labute approximate surface area is 187 Å². The molecule has 170 valence electrons. The summed E-state index contributed by atoms with van der Waals surface area (Å²) in [6.07, 6.45) is 3.16. The van der Waals surface area contributed by atoms with Crippen molar-refractivity contribution in [2.45, 2.75) is 30.6 Å². The molecular weight excluding hydrogens is 433 g/mol. The zero-order chi connectivity index (χ0) is 22.6. The number of amides is 1. The normalized spacial score (nSPS) is 18.2. The van der Waals surface area contributed by atoms with E-state index in [1.54, 1.807) is 30.3 Å². The predicted molar refractivity (Wildman–Crippen MR) is 118 cm³/mol. The summed E-state index contributed by atoms with van der Waals surface area (Å²) >= 11 is 0. The van der Waals surface area contributed by atoms with E-state index in [0.29, 0.717) is 44.6 Å². The van der Waals surface area contributed by atoms with Gasteiger partial charge in [0, 0.05) is 19.6 Å². The van der Waals surface area contributed by atoms with Gasteiger partial charge in [-0.15, -0.1) is 0 Å². The molecule has 32 heavy (non-hydrogen) atoms. The summed E-state index contributed by atoms with van der Waals surface area (Å²) < 4.78 is 40.2. The predicted octanol–water partition coefficient (Wildman–Crippen LogP) is 2.27. The lowest BCUT2D eigenvalue weighted by molar-refractivity contribution is -0.120. The summed E-state index contributed by atoms with van der Waals surface area (Å²) in [5, 5.41) is 2.80. The Kier molecular flexibility index (Phi) is 6.59. The molecule has 2 aliphatic heterocycles. The summed E-state index contributed by atoms with van der Waals surface area (Å²) in [7, 11) is -3.42. The molecule has 0 bridgehead atoms. The molecule has 1 fully saturated rings. The van der Waals surface area contributed by atoms with E-state index in [1.807, 2.05) is 18.2 Å². The van der Waals surface area contributed by atoms with Crippen LogP contribution in [0.2, 0.25) is 0 Å². The van der Waals surface area contributed by atoms with Crippen molar-refractivity contribution < 1.29 is 22.4 Å². The first-order valence-electron chi connectivity index (χ1n) is 10.6. The molecule has 2 aromatic rings. The highest BCUT2D eigenvalue weighted by Crippen LogP contribution is 2.33. The van der Waals surface area contributed by atoms with Crippen LogP contribution in [-0.4, -0.2) is 43.9 Å². The van der Waals surface area contributed by atoms with Crippen molar-refractivity contribution in [3.8, 4) is 0 Å². The number of hydrogen-bond donors (Lipinski definition) is 2. The second-order valence-electron chi connectivity index (χ2n) is 8.10. The Bertz CT molecular complexity index is 1100. The van der Waals surface area contributed by atoms with Crippen molar-refractivity contribution in [3.63, 3.8) is 0 Å². The number of hydroxylamine groups is 1. The number of hydrogen-bond acceptors (Lipinski definition) is 5. The lowest BCUT2D eigenvalue weighted by Crippen LogP contribution is -2.47. The van der Waals surface area contributed by atoms with Gasteiger partial charge in [0.05, 0.1) is 5.75 Å². The number of piperidine rings is 1. The Morgan fingerprint density at radius 3 is 2.53 bits per heavy atom. The van der Waals surface area contributed by atoms with E-state index in [4.69, 9.17) is 4.84 Å². The second-order valence-corrected chi connectivity index (χ2v) is 10.1. The molecule has 2 aliphatic rings. The van der Waals surface area contributed by atoms with Crippen molar-refractivity contribution >= 4 is 15.9 Å². The number of nitrogens with zero attached hydrogens (tertiary/aromatic N) is 1. The number of rotatable bonds is 7. The first-order chi connectivity index (χ1) is 15.4. The van der Waals surface area contributed by atoms with Crippen LogP contribution in [0.4, 0.5) is 4.39 Å². The van der Waals surface area contributed by atoms with E-state index in [-0.39, 0.29) is 17.5 Å². The van der Waals surface area contributed by atoms with Gasteiger partial charge in [0.2, 0.25) is 10.0 Å². The maximum Gasteiger partial charge on any atom is 0.269 e. The number of sulfonamides is 1. The lowest BCUT2D eigenvalue weighted by atomic mass is 9.92. The zero-order valence-corrected chi connectivity index (χ0v) is 18.4. The van der Waals surface area contributed by atoms with Crippen LogP contribution < -0.4 is 10.8 Å². The monoisotopic (exact) mass is 459 g/mol. The largest absolute Gasteiger partial charge is 0.350 e. The molecule has 0 unspecified atom stereocenters. The molecule has 0 aliphatic carbocycles. The van der Waals surface area contributed by atoms with Crippen molar-refractivity contribution in [2.24, 2.45) is 0 Å². The zero-order valence-electron chi connectivity index (χ0n) is 17.6. The Balaban J connectivity index is 1.29. The Hall–Kier alpha value is -2.75. The van der Waals surface area contributed by atoms with Crippen LogP contribution in [0, 0.1) is 5.82 Å². The SMILES string of the molecule is O=C(NCCc1cccc(F)c1)C1=CC2(CCN(S(=O)(=O)Cc3ccccc3)CC2)ON1. The number of nitrogens with one attached hydrogen (secondary N) is 2. The van der Waals surface area contributed by atoms with Crippen molar-refractivity contribution in [3.05, 3.63) is 83.3 Å². The molecule has 0 radical (unpaired) electrons. The number of carbonyl (C=O) groups excluding carboxylic acids is 1. The summed E-state index contributed by atoms with van der Waals surface area (Å²) in [6.45, 7) is 1.00. The molecule has 0 aromatic heterocycles. The van der Waals surface area contributed by atoms with Crippen LogP contribution in [0.25, 0.3) is 0 Å². The standard InChI is InChI=1S/C23H26FN3O4S/c24-20-8-4-7-18(15-20)9-12-25-22(28)21-16-23(31-26-21)10-13-27(14-11-23)32(29,30)17-19-5-2-1-3-6-19/h1-8,15-16,26H,9-14,17H2,(H,25,28). The van der Waals surface area contributed by atoms with Gasteiger partial charge >= 0.3 is 0 Å². The van der Waals surface area contributed by atoms with E-state index < -0.39 is 15.6 Å². The molecule has 0 atom stereocenters. The fourth-order valence-electron chi connectivity index (χ4n) is 3.96. The summed E-state index contributed by atoms with van der Waals surface area (Å²) in [5.74, 6) is -0.645. The van der Waals surface area contributed by atoms with Crippen LogP contribution in [0.1, 0.15) is 24.0 Å². The molecule has 1 amide bonds. The van der Waals surface area contributed by atoms with Gasteiger partial charge in [-0.05, 0) is 48.6 Å². The van der Waals surface area contributed by atoms with E-state index in [9.17, 15) is 17.6 Å². The summed E-state index contributed by atoms with van der Waals surface area (Å²) in [4.78, 5) is 18.2. The van der Waals surface area contributed by atoms with Gasteiger partial charge < -0.3 is 5.32 Å². The third-order valence-corrected chi connectivity index (χ3v) is 7.61. The van der Waals surface area contributed by atoms with E-state index in [2.05, 4.69) is 10.8 Å². The molecule has 4 rings (SSSR count). The van der Waals surface area contributed by atoms with E-state index >= 15 is 0 Å². The molecule has 1 saturated heterocycles. The molecule has 7 nitrogen and oxygen atoms in total. The van der Waals surface area contributed by atoms with Crippen molar-refractivity contribution in [1.29, 1.82) is 0 Å². The highest BCUT2D eigenvalue weighted by molar-refractivity contribution is 7.88. The fourth-order valence-corrected chi connectivity index (χ4v) is 5.50. The molecule has 0 saturated carbocycles. The third-order valence-electron chi connectivity index (χ3n) is 5.76. The van der Waals surface area contributed by atoms with Crippen LogP contribution >= 0.6 is 0 Å². The molecule has 2 N–H and O–H groups in total. The number of halogens is 1. The smallest absolute Gasteiger partial charge is 0.269 e. The molecule has 2 heterocycles. The summed E-state index contributed by atoms with van der Waals surface area (Å²) in [6, 6.07) is 15.4. The van der Waals surface area contributed by atoms with Gasteiger partial charge in [-0.2, -0.15) is 0 Å². The average molecular weight is 460 g/mol. The maximum absolute atomic E-state index is 13.2. The average Bonchev–Trinajstić information content (AvgIpc) is 3.18. The first-order valence-corrected chi connectivity index (χ1v) is 12.2. The number of benzene rings is 2. The number of carbonyl (C=O) groups is 1. The minimum Gasteiger partial charge on any atom is -0.350 e. The van der Waals surface area contributed by atoms with E-state index in [1.165, 1.54) is 16.4 Å². The summed E-state index contributed by atoms with van der Waals surface area (Å²) in [5.41, 5.74) is 3.85. The van der Waals surface area contributed by atoms with Crippen LogP contribution in [0.15, 0.2) is 66.4 Å². The lowest BCUT2D eigenvalue weighted by Gasteiger charge is -2.35. The molecular formula is C23H26FN3O4S. The van der Waals surface area contributed by atoms with Gasteiger partial charge in [0.25, 0.3) is 5.91 Å².